The van der Waals surface area contributed by atoms with Crippen LogP contribution in [0.25, 0.3) is 0 Å². The van der Waals surface area contributed by atoms with Gasteiger partial charge in [-0.05, 0) is 25.5 Å². The summed E-state index contributed by atoms with van der Waals surface area (Å²) in [6.07, 6.45) is 1.83. The van der Waals surface area contributed by atoms with Crippen molar-refractivity contribution in [2.75, 3.05) is 0 Å². The molecule has 0 radical (unpaired) electrons. The molecule has 0 saturated carbocycles. The number of amides is 1. The molecule has 0 aliphatic carbocycles. The van der Waals surface area contributed by atoms with Gasteiger partial charge in [-0.25, -0.2) is 4.99 Å². The molecule has 1 unspecified atom stereocenters. The van der Waals surface area contributed by atoms with Crippen LogP contribution >= 0.6 is 0 Å². The van der Waals surface area contributed by atoms with Gasteiger partial charge >= 0.3 is 0 Å². The van der Waals surface area contributed by atoms with Crippen molar-refractivity contribution in [2.45, 2.75) is 19.9 Å². The number of hydrogen-bond acceptors (Lipinski definition) is 2. The number of carbonyl (C=O) groups is 1. The number of nitrogens with zero attached hydrogens (tertiary/aromatic N) is 1. The molecule has 1 aliphatic rings. The summed E-state index contributed by atoms with van der Waals surface area (Å²) in [5, 5.41) is 0. The molecule has 1 amide bonds. The van der Waals surface area contributed by atoms with Gasteiger partial charge in [0.05, 0.1) is 0 Å². The van der Waals surface area contributed by atoms with Gasteiger partial charge in [0.15, 0.2) is 0 Å². The standard InChI is InChI=1S/C7H10N2O/c1-4-3-5(2)9-7(10)6(4)8/h3,6H,8H2,1-2H3. The van der Waals surface area contributed by atoms with Crippen LogP contribution in [0.2, 0.25) is 0 Å². The molecule has 54 valence electrons. The summed E-state index contributed by atoms with van der Waals surface area (Å²) >= 11 is 0. The summed E-state index contributed by atoms with van der Waals surface area (Å²) < 4.78 is 0. The molecule has 3 heteroatoms. The van der Waals surface area contributed by atoms with Gasteiger partial charge in [-0.1, -0.05) is 0 Å². The van der Waals surface area contributed by atoms with Crippen molar-refractivity contribution >= 4 is 11.6 Å². The third kappa shape index (κ3) is 1.14. The third-order valence-corrected chi connectivity index (χ3v) is 1.48. The topological polar surface area (TPSA) is 55.5 Å². The Bertz CT molecular complexity index is 228. The second kappa shape index (κ2) is 2.34. The lowest BCUT2D eigenvalue weighted by Crippen LogP contribution is -2.33. The number of aliphatic imine (C=N–C) groups is 1. The van der Waals surface area contributed by atoms with Crippen LogP contribution in [-0.2, 0) is 4.79 Å². The predicted molar refractivity (Wildman–Crippen MR) is 39.8 cm³/mol. The molecule has 1 heterocycles. The molecule has 1 aliphatic heterocycles. The van der Waals surface area contributed by atoms with Crippen molar-refractivity contribution in [2.24, 2.45) is 10.7 Å². The molecule has 1 rings (SSSR count). The fraction of sp³-hybridized carbons (Fsp3) is 0.429. The first-order valence-corrected chi connectivity index (χ1v) is 3.14. The molecule has 1 atom stereocenters. The number of carbonyl (C=O) groups excluding carboxylic acids is 1. The van der Waals surface area contributed by atoms with Gasteiger partial charge in [0.2, 0.25) is 0 Å². The Labute approximate surface area is 59.6 Å². The number of rotatable bonds is 0. The first kappa shape index (κ1) is 7.15. The van der Waals surface area contributed by atoms with Gasteiger partial charge in [0.25, 0.3) is 5.91 Å². The van der Waals surface area contributed by atoms with E-state index in [0.29, 0.717) is 0 Å². The molecular weight excluding hydrogens is 128 g/mol. The van der Waals surface area contributed by atoms with E-state index in [0.717, 1.165) is 11.3 Å². The first-order valence-electron chi connectivity index (χ1n) is 3.14. The Balaban J connectivity index is 2.95. The summed E-state index contributed by atoms with van der Waals surface area (Å²) in [4.78, 5) is 14.6. The lowest BCUT2D eigenvalue weighted by molar-refractivity contribution is -0.118. The Morgan fingerprint density at radius 2 is 2.20 bits per heavy atom. The number of allylic oxidation sites excluding steroid dienone is 1. The second-order valence-electron chi connectivity index (χ2n) is 2.46. The molecule has 0 saturated heterocycles. The second-order valence-corrected chi connectivity index (χ2v) is 2.46. The molecule has 10 heavy (non-hydrogen) atoms. The highest BCUT2D eigenvalue weighted by Crippen LogP contribution is 2.06. The monoisotopic (exact) mass is 138 g/mol. The van der Waals surface area contributed by atoms with Crippen LogP contribution in [0.15, 0.2) is 16.6 Å². The predicted octanol–water partition coefficient (Wildman–Crippen LogP) is 0.261. The van der Waals surface area contributed by atoms with E-state index in [4.69, 9.17) is 5.73 Å². The van der Waals surface area contributed by atoms with Crippen LogP contribution < -0.4 is 5.73 Å². The van der Waals surface area contributed by atoms with Crippen LogP contribution in [0.5, 0.6) is 0 Å². The largest absolute Gasteiger partial charge is 0.316 e. The maximum Gasteiger partial charge on any atom is 0.267 e. The summed E-state index contributed by atoms with van der Waals surface area (Å²) in [6, 6.07) is -0.510. The summed E-state index contributed by atoms with van der Waals surface area (Å²) in [6.45, 7) is 3.62. The van der Waals surface area contributed by atoms with Gasteiger partial charge in [-0.3, -0.25) is 4.79 Å². The molecule has 2 N–H and O–H groups in total. The van der Waals surface area contributed by atoms with E-state index in [1.807, 2.05) is 13.0 Å². The first-order chi connectivity index (χ1) is 4.61. The molecule has 0 aromatic carbocycles. The van der Waals surface area contributed by atoms with Gasteiger partial charge in [-0.15, -0.1) is 0 Å². The van der Waals surface area contributed by atoms with Crippen molar-refractivity contribution in [3.63, 3.8) is 0 Å². The Morgan fingerprint density at radius 1 is 1.60 bits per heavy atom. The lowest BCUT2D eigenvalue weighted by Gasteiger charge is -2.12. The zero-order valence-electron chi connectivity index (χ0n) is 6.09. The summed E-state index contributed by atoms with van der Waals surface area (Å²) in [5.41, 5.74) is 7.09. The lowest BCUT2D eigenvalue weighted by atomic mass is 10.1. The van der Waals surface area contributed by atoms with Gasteiger partial charge in [0, 0.05) is 5.71 Å². The minimum atomic E-state index is -0.510. The van der Waals surface area contributed by atoms with E-state index in [1.54, 1.807) is 6.92 Å². The summed E-state index contributed by atoms with van der Waals surface area (Å²) in [7, 11) is 0. The number of hydrogen-bond donors (Lipinski definition) is 1. The smallest absolute Gasteiger partial charge is 0.267 e. The maximum atomic E-state index is 10.9. The van der Waals surface area contributed by atoms with Crippen LogP contribution in [0, 0.1) is 0 Å². The highest BCUT2D eigenvalue weighted by molar-refractivity contribution is 6.06. The average Bonchev–Trinajstić information content (AvgIpc) is 1.82. The third-order valence-electron chi connectivity index (χ3n) is 1.48. The van der Waals surface area contributed by atoms with E-state index >= 15 is 0 Å². The molecule has 0 aromatic rings. The van der Waals surface area contributed by atoms with Crippen LogP contribution in [-0.4, -0.2) is 17.7 Å². The van der Waals surface area contributed by atoms with E-state index in [-0.39, 0.29) is 5.91 Å². The average molecular weight is 138 g/mol. The van der Waals surface area contributed by atoms with Crippen molar-refractivity contribution in [1.29, 1.82) is 0 Å². The zero-order valence-corrected chi connectivity index (χ0v) is 6.09. The van der Waals surface area contributed by atoms with Crippen LogP contribution in [0.1, 0.15) is 13.8 Å². The molecule has 0 spiro atoms. The molecular formula is C7H10N2O. The Kier molecular flexibility index (Phi) is 1.68. The van der Waals surface area contributed by atoms with Crippen LogP contribution in [0.4, 0.5) is 0 Å². The fourth-order valence-corrected chi connectivity index (χ4v) is 0.890. The van der Waals surface area contributed by atoms with E-state index in [9.17, 15) is 4.79 Å². The fourth-order valence-electron chi connectivity index (χ4n) is 0.890. The number of dihydropyridines is 1. The SMILES string of the molecule is CC1=CC(C)=NC(=O)C1N. The van der Waals surface area contributed by atoms with Crippen LogP contribution in [0.3, 0.4) is 0 Å². The van der Waals surface area contributed by atoms with Gasteiger partial charge in [0.1, 0.15) is 6.04 Å². The maximum absolute atomic E-state index is 10.9. The normalized spacial score (nSPS) is 25.9. The van der Waals surface area contributed by atoms with E-state index in [2.05, 4.69) is 4.99 Å². The molecule has 0 aromatic heterocycles. The summed E-state index contributed by atoms with van der Waals surface area (Å²) in [5.74, 6) is -0.238. The van der Waals surface area contributed by atoms with E-state index in [1.165, 1.54) is 0 Å². The van der Waals surface area contributed by atoms with Crippen molar-refractivity contribution in [3.8, 4) is 0 Å². The van der Waals surface area contributed by atoms with Crippen molar-refractivity contribution in [3.05, 3.63) is 11.6 Å². The van der Waals surface area contributed by atoms with E-state index < -0.39 is 6.04 Å². The van der Waals surface area contributed by atoms with Crippen molar-refractivity contribution in [1.82, 2.24) is 0 Å². The molecule has 3 nitrogen and oxygen atoms in total. The van der Waals surface area contributed by atoms with Gasteiger partial charge in [-0.2, -0.15) is 0 Å². The minimum Gasteiger partial charge on any atom is -0.316 e. The Morgan fingerprint density at radius 3 is 2.70 bits per heavy atom. The minimum absolute atomic E-state index is 0.238. The highest BCUT2D eigenvalue weighted by atomic mass is 16.1. The van der Waals surface area contributed by atoms with Crippen molar-refractivity contribution < 1.29 is 4.79 Å². The number of nitrogens with two attached hydrogens (primary N) is 1. The molecule has 0 bridgehead atoms. The molecule has 0 fully saturated rings. The highest BCUT2D eigenvalue weighted by Gasteiger charge is 2.17. The Hall–Kier alpha value is -0.960. The quantitative estimate of drug-likeness (QED) is 0.522. The van der Waals surface area contributed by atoms with Gasteiger partial charge < -0.3 is 5.73 Å². The zero-order chi connectivity index (χ0) is 7.72.